The topological polar surface area (TPSA) is 84.6 Å². The second-order valence-corrected chi connectivity index (χ2v) is 9.26. The Morgan fingerprint density at radius 1 is 1.26 bits per heavy atom. The first-order valence-electron chi connectivity index (χ1n) is 8.31. The summed E-state index contributed by atoms with van der Waals surface area (Å²) in [4.78, 5) is 12.2. The Labute approximate surface area is 138 Å². The third-order valence-corrected chi connectivity index (χ3v) is 7.20. The van der Waals surface area contributed by atoms with Gasteiger partial charge in [0.1, 0.15) is 0 Å². The number of nitrogens with zero attached hydrogens (tertiary/aromatic N) is 1. The molecule has 1 amide bonds. The van der Waals surface area contributed by atoms with Crippen molar-refractivity contribution >= 4 is 15.6 Å². The molecule has 23 heavy (non-hydrogen) atoms. The van der Waals surface area contributed by atoms with E-state index >= 15 is 0 Å². The summed E-state index contributed by atoms with van der Waals surface area (Å²) in [6, 6.07) is 8.91. The summed E-state index contributed by atoms with van der Waals surface area (Å²) in [5, 5.41) is 3.54. The van der Waals surface area contributed by atoms with Gasteiger partial charge in [-0.1, -0.05) is 30.3 Å². The van der Waals surface area contributed by atoms with E-state index in [2.05, 4.69) is 9.68 Å². The fraction of sp³-hybridized carbons (Fsp3) is 0.588. The highest BCUT2D eigenvalue weighted by Crippen LogP contribution is 2.32. The van der Waals surface area contributed by atoms with Crippen molar-refractivity contribution < 1.29 is 9.00 Å². The van der Waals surface area contributed by atoms with Gasteiger partial charge in [-0.05, 0) is 44.2 Å². The second kappa shape index (κ2) is 6.71. The monoisotopic (exact) mass is 335 g/mol. The first kappa shape index (κ1) is 16.6. The molecular formula is C17H25N3O2S. The average molecular weight is 335 g/mol. The molecule has 1 atom stereocenters. The van der Waals surface area contributed by atoms with Crippen LogP contribution in [0.1, 0.15) is 31.2 Å². The highest BCUT2D eigenvalue weighted by atomic mass is 32.2. The molecule has 2 aliphatic heterocycles. The van der Waals surface area contributed by atoms with Crippen LogP contribution in [0.25, 0.3) is 0 Å². The van der Waals surface area contributed by atoms with Crippen LogP contribution >= 0.6 is 0 Å². The van der Waals surface area contributed by atoms with Crippen LogP contribution in [0.15, 0.2) is 34.7 Å². The number of benzene rings is 1. The van der Waals surface area contributed by atoms with Crippen LogP contribution in [0.2, 0.25) is 0 Å². The minimum Gasteiger partial charge on any atom is -0.320 e. The number of nitrogens with one attached hydrogen (secondary N) is 1. The van der Waals surface area contributed by atoms with Crippen LogP contribution < -0.4 is 11.1 Å². The van der Waals surface area contributed by atoms with E-state index in [1.165, 1.54) is 6.42 Å². The van der Waals surface area contributed by atoms with E-state index < -0.39 is 21.7 Å². The largest absolute Gasteiger partial charge is 0.320 e. The van der Waals surface area contributed by atoms with Crippen molar-refractivity contribution in [2.45, 2.75) is 43.7 Å². The van der Waals surface area contributed by atoms with Gasteiger partial charge in [-0.25, -0.2) is 4.21 Å². The molecule has 1 aromatic carbocycles. The van der Waals surface area contributed by atoms with Gasteiger partial charge in [0.2, 0.25) is 0 Å². The summed E-state index contributed by atoms with van der Waals surface area (Å²) < 4.78 is 16.9. The van der Waals surface area contributed by atoms with E-state index in [4.69, 9.17) is 5.73 Å². The highest BCUT2D eigenvalue weighted by Gasteiger charge is 2.38. The summed E-state index contributed by atoms with van der Waals surface area (Å²) in [5.74, 6) is 0.585. The lowest BCUT2D eigenvalue weighted by Crippen LogP contribution is -2.46. The number of carbonyl (C=O) groups is 1. The molecule has 1 unspecified atom stereocenters. The lowest BCUT2D eigenvalue weighted by Gasteiger charge is -2.34. The standard InChI is InChI=1S/C17H25N3O2S/c18-15(13-14-5-2-1-3-6-14)16(21)20-23(22)11-8-17(9-12-23)7-4-10-19-17/h1-3,5-6,15,19H,4,7-13,18H2. The summed E-state index contributed by atoms with van der Waals surface area (Å²) in [6.07, 6.45) is 4.44. The minimum atomic E-state index is -2.43. The third-order valence-electron chi connectivity index (χ3n) is 5.00. The summed E-state index contributed by atoms with van der Waals surface area (Å²) in [6.45, 7) is 1.04. The SMILES string of the molecule is NC(Cc1ccccc1)C(=O)N=S1(=O)CCC2(CCCN2)CC1. The van der Waals surface area contributed by atoms with E-state index in [0.29, 0.717) is 17.9 Å². The van der Waals surface area contributed by atoms with Crippen LogP contribution in [-0.2, 0) is 20.9 Å². The van der Waals surface area contributed by atoms with Gasteiger partial charge in [-0.3, -0.25) is 4.79 Å². The van der Waals surface area contributed by atoms with Crippen LogP contribution in [0, 0.1) is 0 Å². The van der Waals surface area contributed by atoms with E-state index in [1.54, 1.807) is 0 Å². The molecule has 2 aliphatic rings. The number of carbonyl (C=O) groups excluding carboxylic acids is 1. The molecule has 3 rings (SSSR count). The fourth-order valence-electron chi connectivity index (χ4n) is 3.51. The zero-order valence-corrected chi connectivity index (χ0v) is 14.2. The Kier molecular flexibility index (Phi) is 4.85. The van der Waals surface area contributed by atoms with Gasteiger partial charge in [0, 0.05) is 17.0 Å². The van der Waals surface area contributed by atoms with Gasteiger partial charge in [0.25, 0.3) is 5.91 Å². The van der Waals surface area contributed by atoms with Crippen LogP contribution in [0.3, 0.4) is 0 Å². The minimum absolute atomic E-state index is 0.144. The first-order valence-corrected chi connectivity index (χ1v) is 10.2. The number of hydrogen-bond donors (Lipinski definition) is 2. The smallest absolute Gasteiger partial charge is 0.270 e. The molecule has 0 aliphatic carbocycles. The molecule has 1 aromatic rings. The molecule has 2 saturated heterocycles. The maximum absolute atomic E-state index is 12.8. The maximum atomic E-state index is 12.8. The molecule has 2 fully saturated rings. The van der Waals surface area contributed by atoms with Gasteiger partial charge in [0.15, 0.2) is 0 Å². The van der Waals surface area contributed by atoms with Crippen molar-refractivity contribution in [1.29, 1.82) is 0 Å². The summed E-state index contributed by atoms with van der Waals surface area (Å²) >= 11 is 0. The Morgan fingerprint density at radius 3 is 2.57 bits per heavy atom. The molecule has 0 bridgehead atoms. The van der Waals surface area contributed by atoms with Crippen molar-refractivity contribution in [2.75, 3.05) is 18.1 Å². The summed E-state index contributed by atoms with van der Waals surface area (Å²) in [7, 11) is -2.43. The quantitative estimate of drug-likeness (QED) is 0.876. The van der Waals surface area contributed by atoms with E-state index in [0.717, 1.165) is 31.4 Å². The Morgan fingerprint density at radius 2 is 1.96 bits per heavy atom. The molecule has 1 spiro atoms. The van der Waals surface area contributed by atoms with Crippen LogP contribution in [-0.4, -0.2) is 39.7 Å². The zero-order chi connectivity index (χ0) is 16.3. The predicted molar refractivity (Wildman–Crippen MR) is 92.6 cm³/mol. The lowest BCUT2D eigenvalue weighted by molar-refractivity contribution is -0.118. The first-order chi connectivity index (χ1) is 11.0. The van der Waals surface area contributed by atoms with Crippen molar-refractivity contribution in [3.8, 4) is 0 Å². The van der Waals surface area contributed by atoms with Crippen molar-refractivity contribution in [2.24, 2.45) is 10.1 Å². The Bertz CT molecular complexity index is 658. The molecule has 0 saturated carbocycles. The van der Waals surface area contributed by atoms with E-state index in [1.807, 2.05) is 30.3 Å². The molecular weight excluding hydrogens is 310 g/mol. The molecule has 126 valence electrons. The van der Waals surface area contributed by atoms with E-state index in [9.17, 15) is 9.00 Å². The van der Waals surface area contributed by atoms with Gasteiger partial charge in [0.05, 0.1) is 15.8 Å². The number of amides is 1. The molecule has 3 N–H and O–H groups in total. The molecule has 6 heteroatoms. The van der Waals surface area contributed by atoms with Crippen molar-refractivity contribution in [3.05, 3.63) is 35.9 Å². The number of nitrogens with two attached hydrogens (primary N) is 1. The second-order valence-electron chi connectivity index (χ2n) is 6.72. The van der Waals surface area contributed by atoms with Crippen LogP contribution in [0.5, 0.6) is 0 Å². The normalized spacial score (nSPS) is 31.9. The third kappa shape index (κ3) is 4.00. The van der Waals surface area contributed by atoms with E-state index in [-0.39, 0.29) is 5.54 Å². The number of rotatable bonds is 3. The predicted octanol–water partition coefficient (Wildman–Crippen LogP) is 1.47. The van der Waals surface area contributed by atoms with Gasteiger partial charge < -0.3 is 11.1 Å². The lowest BCUT2D eigenvalue weighted by atomic mass is 9.91. The van der Waals surface area contributed by atoms with Gasteiger partial charge in [-0.15, -0.1) is 0 Å². The molecule has 0 aromatic heterocycles. The maximum Gasteiger partial charge on any atom is 0.270 e. The summed E-state index contributed by atoms with van der Waals surface area (Å²) in [5.41, 5.74) is 7.10. The van der Waals surface area contributed by atoms with Gasteiger partial charge >= 0.3 is 0 Å². The van der Waals surface area contributed by atoms with Crippen molar-refractivity contribution in [3.63, 3.8) is 0 Å². The fourth-order valence-corrected chi connectivity index (χ4v) is 5.78. The van der Waals surface area contributed by atoms with Gasteiger partial charge in [-0.2, -0.15) is 4.36 Å². The molecule has 0 radical (unpaired) electrons. The number of hydrogen-bond acceptors (Lipinski definition) is 4. The Hall–Kier alpha value is -1.24. The molecule has 2 heterocycles. The highest BCUT2D eigenvalue weighted by molar-refractivity contribution is 7.93. The Balaban J connectivity index is 1.63. The van der Waals surface area contributed by atoms with Crippen LogP contribution in [0.4, 0.5) is 0 Å². The van der Waals surface area contributed by atoms with Crippen molar-refractivity contribution in [1.82, 2.24) is 5.32 Å². The average Bonchev–Trinajstić information content (AvgIpc) is 3.00. The zero-order valence-electron chi connectivity index (χ0n) is 13.4. The molecule has 5 nitrogen and oxygen atoms in total.